The monoisotopic (exact) mass is 267 g/mol. The number of thiazole rings is 1. The summed E-state index contributed by atoms with van der Waals surface area (Å²) in [6, 6.07) is 0. The molecule has 2 rings (SSSR count). The van der Waals surface area contributed by atoms with E-state index in [0.29, 0.717) is 5.01 Å². The second-order valence-corrected chi connectivity index (χ2v) is 4.25. The van der Waals surface area contributed by atoms with Crippen LogP contribution in [0.3, 0.4) is 0 Å². The Bertz CT molecular complexity index is 550. The average molecular weight is 267 g/mol. The van der Waals surface area contributed by atoms with Crippen LogP contribution in [-0.2, 0) is 17.9 Å². The molecule has 0 saturated heterocycles. The lowest BCUT2D eigenvalue weighted by Crippen LogP contribution is -2.27. The van der Waals surface area contributed by atoms with Gasteiger partial charge in [-0.15, -0.1) is 16.4 Å². The lowest BCUT2D eigenvalue weighted by atomic mass is 10.5. The molecule has 2 N–H and O–H groups in total. The number of carbonyl (C=O) groups is 2. The quantitative estimate of drug-likeness (QED) is 0.773. The largest absolute Gasteiger partial charge is 0.476 e. The van der Waals surface area contributed by atoms with Crippen LogP contribution in [0.5, 0.6) is 0 Å². The Balaban J connectivity index is 1.83. The van der Waals surface area contributed by atoms with Gasteiger partial charge in [-0.05, 0) is 0 Å². The third-order valence-electron chi connectivity index (χ3n) is 1.99. The molecule has 9 heteroatoms. The Morgan fingerprint density at radius 3 is 2.94 bits per heavy atom. The number of aromatic carboxylic acids is 1. The van der Waals surface area contributed by atoms with E-state index >= 15 is 0 Å². The Kier molecular flexibility index (Phi) is 3.63. The summed E-state index contributed by atoms with van der Waals surface area (Å²) < 4.78 is 1.39. The molecule has 2 aromatic heterocycles. The fraction of sp³-hybridized carbons (Fsp3) is 0.222. The second kappa shape index (κ2) is 5.36. The Labute approximate surface area is 105 Å². The zero-order chi connectivity index (χ0) is 13.0. The van der Waals surface area contributed by atoms with Crippen molar-refractivity contribution < 1.29 is 14.7 Å². The van der Waals surface area contributed by atoms with Crippen LogP contribution in [0.2, 0.25) is 0 Å². The first kappa shape index (κ1) is 12.2. The molecule has 0 radical (unpaired) electrons. The van der Waals surface area contributed by atoms with E-state index in [1.807, 2.05) is 0 Å². The van der Waals surface area contributed by atoms with Crippen molar-refractivity contribution in [2.24, 2.45) is 0 Å². The van der Waals surface area contributed by atoms with Gasteiger partial charge in [-0.1, -0.05) is 5.21 Å². The van der Waals surface area contributed by atoms with Crippen LogP contribution in [0.1, 0.15) is 15.5 Å². The first-order valence-electron chi connectivity index (χ1n) is 4.93. The number of amides is 1. The van der Waals surface area contributed by atoms with Crippen molar-refractivity contribution in [3.8, 4) is 0 Å². The zero-order valence-corrected chi connectivity index (χ0v) is 9.92. The summed E-state index contributed by atoms with van der Waals surface area (Å²) in [6.07, 6.45) is 3.05. The third kappa shape index (κ3) is 3.10. The standard InChI is InChI=1S/C9H9N5O3S/c15-7(4-14-2-1-11-13-14)10-3-8-12-6(5-18-8)9(16)17/h1-2,5H,3-4H2,(H,10,15)(H,16,17). The molecule has 0 fully saturated rings. The number of rotatable bonds is 5. The maximum absolute atomic E-state index is 11.5. The Morgan fingerprint density at radius 1 is 1.50 bits per heavy atom. The predicted octanol–water partition coefficient (Wildman–Crippen LogP) is -0.251. The van der Waals surface area contributed by atoms with E-state index in [4.69, 9.17) is 5.11 Å². The van der Waals surface area contributed by atoms with E-state index in [-0.39, 0.29) is 24.7 Å². The predicted molar refractivity (Wildman–Crippen MR) is 60.9 cm³/mol. The van der Waals surface area contributed by atoms with Crippen LogP contribution in [0, 0.1) is 0 Å². The molecule has 0 bridgehead atoms. The summed E-state index contributed by atoms with van der Waals surface area (Å²) in [5.74, 6) is -1.32. The van der Waals surface area contributed by atoms with Crippen molar-refractivity contribution in [3.05, 3.63) is 28.5 Å². The highest BCUT2D eigenvalue weighted by atomic mass is 32.1. The maximum atomic E-state index is 11.5. The molecule has 0 saturated carbocycles. The first-order chi connectivity index (χ1) is 8.65. The summed E-state index contributed by atoms with van der Waals surface area (Å²) in [7, 11) is 0. The minimum absolute atomic E-state index is 0.0134. The molecule has 18 heavy (non-hydrogen) atoms. The molecular weight excluding hydrogens is 258 g/mol. The maximum Gasteiger partial charge on any atom is 0.355 e. The van der Waals surface area contributed by atoms with Crippen molar-refractivity contribution in [2.45, 2.75) is 13.1 Å². The van der Waals surface area contributed by atoms with E-state index in [1.54, 1.807) is 6.20 Å². The SMILES string of the molecule is O=C(Cn1ccnn1)NCc1nc(C(=O)O)cs1. The fourth-order valence-electron chi connectivity index (χ4n) is 1.18. The van der Waals surface area contributed by atoms with Gasteiger partial charge in [0.1, 0.15) is 11.6 Å². The highest BCUT2D eigenvalue weighted by Gasteiger charge is 2.09. The smallest absolute Gasteiger partial charge is 0.355 e. The van der Waals surface area contributed by atoms with Gasteiger partial charge in [-0.3, -0.25) is 4.79 Å². The van der Waals surface area contributed by atoms with E-state index in [0.717, 1.165) is 0 Å². The third-order valence-corrected chi connectivity index (χ3v) is 2.83. The Morgan fingerprint density at radius 2 is 2.33 bits per heavy atom. The molecule has 0 aliphatic rings. The van der Waals surface area contributed by atoms with Gasteiger partial charge >= 0.3 is 5.97 Å². The van der Waals surface area contributed by atoms with Crippen LogP contribution in [0.4, 0.5) is 0 Å². The van der Waals surface area contributed by atoms with Crippen molar-refractivity contribution in [1.82, 2.24) is 25.3 Å². The molecule has 2 heterocycles. The molecule has 2 aromatic rings. The van der Waals surface area contributed by atoms with Crippen LogP contribution in [-0.4, -0.2) is 37.0 Å². The van der Waals surface area contributed by atoms with Crippen LogP contribution in [0.25, 0.3) is 0 Å². The molecule has 0 unspecified atom stereocenters. The van der Waals surface area contributed by atoms with E-state index in [1.165, 1.54) is 27.6 Å². The van der Waals surface area contributed by atoms with Gasteiger partial charge in [0.25, 0.3) is 0 Å². The van der Waals surface area contributed by atoms with E-state index in [9.17, 15) is 9.59 Å². The molecule has 0 aliphatic carbocycles. The number of hydrogen-bond acceptors (Lipinski definition) is 6. The number of hydrogen-bond donors (Lipinski definition) is 2. The summed E-state index contributed by atoms with van der Waals surface area (Å²) in [6.45, 7) is 0.267. The van der Waals surface area contributed by atoms with Gasteiger partial charge in [0.2, 0.25) is 5.91 Å². The molecule has 0 aliphatic heterocycles. The minimum Gasteiger partial charge on any atom is -0.476 e. The van der Waals surface area contributed by atoms with E-state index in [2.05, 4.69) is 20.6 Å². The minimum atomic E-state index is -1.08. The molecule has 0 spiro atoms. The lowest BCUT2D eigenvalue weighted by Gasteiger charge is -2.02. The molecule has 94 valence electrons. The topological polar surface area (TPSA) is 110 Å². The lowest BCUT2D eigenvalue weighted by molar-refractivity contribution is -0.122. The molecule has 8 nitrogen and oxygen atoms in total. The number of carboxylic acid groups (broad SMARTS) is 1. The van der Waals surface area contributed by atoms with Crippen LogP contribution >= 0.6 is 11.3 Å². The van der Waals surface area contributed by atoms with Gasteiger partial charge in [-0.2, -0.15) is 0 Å². The summed E-state index contributed by atoms with van der Waals surface area (Å²) in [4.78, 5) is 25.9. The number of aromatic nitrogens is 4. The fourth-order valence-corrected chi connectivity index (χ4v) is 1.89. The molecular formula is C9H9N5O3S. The first-order valence-corrected chi connectivity index (χ1v) is 5.81. The number of nitrogens with one attached hydrogen (secondary N) is 1. The van der Waals surface area contributed by atoms with Crippen molar-refractivity contribution >= 4 is 23.2 Å². The van der Waals surface area contributed by atoms with Crippen LogP contribution in [0.15, 0.2) is 17.8 Å². The molecule has 0 aromatic carbocycles. The van der Waals surface area contributed by atoms with Crippen molar-refractivity contribution in [3.63, 3.8) is 0 Å². The van der Waals surface area contributed by atoms with Crippen molar-refractivity contribution in [1.29, 1.82) is 0 Å². The zero-order valence-electron chi connectivity index (χ0n) is 9.11. The number of carboxylic acids is 1. The normalized spacial score (nSPS) is 10.2. The van der Waals surface area contributed by atoms with Crippen molar-refractivity contribution in [2.75, 3.05) is 0 Å². The van der Waals surface area contributed by atoms with Gasteiger partial charge in [0.05, 0.1) is 12.7 Å². The summed E-state index contributed by atoms with van der Waals surface area (Å²) >= 11 is 1.19. The summed E-state index contributed by atoms with van der Waals surface area (Å²) in [5, 5.41) is 20.5. The van der Waals surface area contributed by atoms with Gasteiger partial charge < -0.3 is 10.4 Å². The molecule has 0 atom stereocenters. The highest BCUT2D eigenvalue weighted by Crippen LogP contribution is 2.09. The van der Waals surface area contributed by atoms with Crippen LogP contribution < -0.4 is 5.32 Å². The van der Waals surface area contributed by atoms with Gasteiger partial charge in [0, 0.05) is 11.6 Å². The number of carbonyl (C=O) groups excluding carboxylic acids is 1. The van der Waals surface area contributed by atoms with Gasteiger partial charge in [0.15, 0.2) is 5.69 Å². The summed E-state index contributed by atoms with van der Waals surface area (Å²) in [5.41, 5.74) is -0.0134. The van der Waals surface area contributed by atoms with E-state index < -0.39 is 5.97 Å². The highest BCUT2D eigenvalue weighted by molar-refractivity contribution is 7.09. The second-order valence-electron chi connectivity index (χ2n) is 3.31. The average Bonchev–Trinajstić information content (AvgIpc) is 2.96. The number of nitrogens with zero attached hydrogens (tertiary/aromatic N) is 4. The molecule has 1 amide bonds. The Hall–Kier alpha value is -2.29. The van der Waals surface area contributed by atoms with Gasteiger partial charge in [-0.25, -0.2) is 14.5 Å².